The summed E-state index contributed by atoms with van der Waals surface area (Å²) in [5.74, 6) is -6.77. The molecule has 1 aromatic carbocycles. The predicted octanol–water partition coefficient (Wildman–Crippen LogP) is -4.34. The van der Waals surface area contributed by atoms with Crippen molar-refractivity contribution in [1.29, 1.82) is 0 Å². The van der Waals surface area contributed by atoms with Crippen LogP contribution in [0.1, 0.15) is 32.3 Å². The van der Waals surface area contributed by atoms with Crippen LogP contribution < -0.4 is 51.2 Å². The molecular weight excluding hydrogens is 702 g/mol. The van der Waals surface area contributed by atoms with E-state index in [0.717, 1.165) is 5.56 Å². The summed E-state index contributed by atoms with van der Waals surface area (Å²) in [4.78, 5) is 77.7. The van der Waals surface area contributed by atoms with E-state index in [1.54, 1.807) is 13.8 Å². The first-order chi connectivity index (χ1) is 23.9. The number of carboxylic acids is 7. The zero-order valence-electron chi connectivity index (χ0n) is 28.9. The summed E-state index contributed by atoms with van der Waals surface area (Å²) >= 11 is 0. The van der Waals surface area contributed by atoms with Crippen molar-refractivity contribution >= 4 is 47.8 Å². The number of hydrogen-bond acceptors (Lipinski definition) is 15. The van der Waals surface area contributed by atoms with Gasteiger partial charge in [-0.05, 0) is 30.7 Å². The normalized spacial score (nSPS) is 10.7. The van der Waals surface area contributed by atoms with E-state index in [9.17, 15) is 38.4 Å². The van der Waals surface area contributed by atoms with Crippen LogP contribution in [0.2, 0.25) is 0 Å². The topological polar surface area (TPSA) is 498 Å². The molecule has 24 nitrogen and oxygen atoms in total. The fourth-order valence-corrected chi connectivity index (χ4v) is 1.90. The van der Waals surface area contributed by atoms with Gasteiger partial charge in [0.2, 0.25) is 0 Å². The van der Waals surface area contributed by atoms with Crippen LogP contribution in [0.15, 0.2) is 30.3 Å². The van der Waals surface area contributed by atoms with Crippen molar-refractivity contribution in [3.63, 3.8) is 0 Å². The Bertz CT molecular complexity index is 1090. The lowest BCUT2D eigenvalue weighted by molar-refractivity contribution is -0.140. The molecule has 24 heteroatoms. The monoisotopic (exact) mass is 757 g/mol. The number of carbonyl (C=O) groups excluding carboxylic acids is 1. The predicted molar refractivity (Wildman–Crippen MR) is 185 cm³/mol. The Morgan fingerprint density at radius 3 is 1.13 bits per heavy atom. The van der Waals surface area contributed by atoms with Gasteiger partial charge in [0.15, 0.2) is 0 Å². The lowest BCUT2D eigenvalue weighted by Crippen LogP contribution is -2.34. The molecule has 0 radical (unpaired) electrons. The largest absolute Gasteiger partial charge is 0.480 e. The van der Waals surface area contributed by atoms with E-state index in [4.69, 9.17) is 58.7 Å². The van der Waals surface area contributed by atoms with Crippen LogP contribution in [0.5, 0.6) is 0 Å². The van der Waals surface area contributed by atoms with Crippen molar-refractivity contribution in [2.75, 3.05) is 32.7 Å². The number of carboxylic acid groups (broad SMARTS) is 7. The summed E-state index contributed by atoms with van der Waals surface area (Å²) in [5, 5.41) is 57.8. The Morgan fingerprint density at radius 2 is 0.923 bits per heavy atom. The third-order valence-electron chi connectivity index (χ3n) is 4.63. The maximum atomic E-state index is 10.4. The molecule has 0 bridgehead atoms. The molecule has 0 heterocycles. The van der Waals surface area contributed by atoms with Gasteiger partial charge in [0, 0.05) is 6.54 Å². The molecule has 302 valence electrons. The molecule has 0 spiro atoms. The Hall–Kier alpha value is -5.50. The molecule has 0 saturated heterocycles. The van der Waals surface area contributed by atoms with Crippen molar-refractivity contribution in [2.24, 2.45) is 51.8 Å². The number of urea groups is 1. The Kier molecular flexibility index (Phi) is 45.1. The quantitative estimate of drug-likeness (QED) is 0.0797. The first kappa shape index (κ1) is 58.7. The smallest absolute Gasteiger partial charge is 0.320 e. The molecule has 0 fully saturated rings. The average molecular weight is 758 g/mol. The number of rotatable bonds is 14. The molecule has 0 saturated carbocycles. The number of amides is 2. The van der Waals surface area contributed by atoms with Crippen molar-refractivity contribution in [3.05, 3.63) is 35.9 Å². The molecule has 24 N–H and O–H groups in total. The number of aliphatic carboxylic acids is 7. The fourth-order valence-electron chi connectivity index (χ4n) is 1.90. The molecule has 1 rings (SSSR count). The van der Waals surface area contributed by atoms with Gasteiger partial charge >= 0.3 is 47.8 Å². The SMILES string of the molecule is CC(C)C(N)C(=O)O.NC(=O)NCCCC(N)C(=O)O.NC(Cc1ccccc1)C(=O)O.NCC(=O)O.NCC(=O)O.NCC(=O)O.NCC(=O)O. The van der Waals surface area contributed by atoms with Crippen LogP contribution >= 0.6 is 0 Å². The van der Waals surface area contributed by atoms with Crippen LogP contribution in [0.3, 0.4) is 0 Å². The van der Waals surface area contributed by atoms with Crippen LogP contribution in [0.4, 0.5) is 4.79 Å². The third kappa shape index (κ3) is 59.9. The lowest BCUT2D eigenvalue weighted by atomic mass is 10.1. The highest BCUT2D eigenvalue weighted by Crippen LogP contribution is 2.01. The third-order valence-corrected chi connectivity index (χ3v) is 4.63. The van der Waals surface area contributed by atoms with Crippen molar-refractivity contribution < 1.29 is 74.1 Å². The minimum absolute atomic E-state index is 0.0208. The van der Waals surface area contributed by atoms with Gasteiger partial charge in [-0.1, -0.05) is 44.2 Å². The number of nitrogens with two attached hydrogens (primary N) is 8. The molecule has 0 aliphatic carbocycles. The number of carbonyl (C=O) groups is 8. The Morgan fingerprint density at radius 1 is 0.596 bits per heavy atom. The van der Waals surface area contributed by atoms with Gasteiger partial charge < -0.3 is 86.9 Å². The van der Waals surface area contributed by atoms with E-state index < -0.39 is 65.9 Å². The highest BCUT2D eigenvalue weighted by molar-refractivity contribution is 5.74. The zero-order chi connectivity index (χ0) is 42.4. The fraction of sp³-hybridized carbons (Fsp3) is 0.500. The van der Waals surface area contributed by atoms with Gasteiger partial charge in [-0.15, -0.1) is 0 Å². The van der Waals surface area contributed by atoms with E-state index in [0.29, 0.717) is 25.8 Å². The molecule has 2 amide bonds. The second-order valence-electron chi connectivity index (χ2n) is 9.51. The van der Waals surface area contributed by atoms with E-state index in [-0.39, 0.29) is 32.1 Å². The highest BCUT2D eigenvalue weighted by atomic mass is 16.4. The van der Waals surface area contributed by atoms with Gasteiger partial charge in [0.25, 0.3) is 0 Å². The molecular formula is C28H55N9O15. The van der Waals surface area contributed by atoms with Gasteiger partial charge in [0.05, 0.1) is 26.2 Å². The lowest BCUT2D eigenvalue weighted by Gasteiger charge is -2.07. The summed E-state index contributed by atoms with van der Waals surface area (Å²) in [6, 6.07) is 6.36. The summed E-state index contributed by atoms with van der Waals surface area (Å²) in [5.41, 5.74) is 39.7. The van der Waals surface area contributed by atoms with Gasteiger partial charge in [0.1, 0.15) is 18.1 Å². The van der Waals surface area contributed by atoms with Gasteiger partial charge in [-0.2, -0.15) is 0 Å². The van der Waals surface area contributed by atoms with Crippen molar-refractivity contribution in [2.45, 2.75) is 51.2 Å². The minimum Gasteiger partial charge on any atom is -0.480 e. The minimum atomic E-state index is -1.03. The van der Waals surface area contributed by atoms with E-state index in [1.807, 2.05) is 30.3 Å². The zero-order valence-corrected chi connectivity index (χ0v) is 28.9. The van der Waals surface area contributed by atoms with Gasteiger partial charge in [-0.25, -0.2) is 4.79 Å². The van der Waals surface area contributed by atoms with Crippen molar-refractivity contribution in [3.8, 4) is 0 Å². The molecule has 1 aromatic rings. The van der Waals surface area contributed by atoms with Crippen LogP contribution in [-0.4, -0.2) is 134 Å². The molecule has 0 aliphatic rings. The van der Waals surface area contributed by atoms with Crippen LogP contribution in [-0.2, 0) is 40.0 Å². The van der Waals surface area contributed by atoms with E-state index >= 15 is 0 Å². The Labute approximate surface area is 299 Å². The average Bonchev–Trinajstić information content (AvgIpc) is 3.07. The first-order valence-electron chi connectivity index (χ1n) is 14.6. The summed E-state index contributed by atoms with van der Waals surface area (Å²) in [7, 11) is 0. The number of nitrogens with one attached hydrogen (secondary N) is 1. The molecule has 52 heavy (non-hydrogen) atoms. The maximum Gasteiger partial charge on any atom is 0.320 e. The highest BCUT2D eigenvalue weighted by Gasteiger charge is 2.14. The molecule has 3 unspecified atom stereocenters. The van der Waals surface area contributed by atoms with Gasteiger partial charge in [-0.3, -0.25) is 33.6 Å². The molecule has 0 aliphatic heterocycles. The Balaban J connectivity index is -0.000000124. The van der Waals surface area contributed by atoms with E-state index in [2.05, 4.69) is 28.3 Å². The molecule has 0 aromatic heterocycles. The standard InChI is InChI=1S/C9H11NO2.C6H13N3O3.C5H11NO2.4C2H5NO2/c10-8(9(11)12)6-7-4-2-1-3-5-7;7-4(5(10)11)2-1-3-9-6(8)12;1-3(2)4(6)5(7)8;4*3-1-2(4)5/h1-5,8H,6,10H2,(H,11,12);4H,1-3,7H2,(H,10,11)(H3,8,9,12);3-4H,6H2,1-2H3,(H,7,8);4*1,3H2,(H,4,5). The second kappa shape index (κ2) is 39.9. The maximum absolute atomic E-state index is 10.4. The molecule has 3 atom stereocenters. The number of primary amides is 1. The number of benzene rings is 1. The van der Waals surface area contributed by atoms with Crippen LogP contribution in [0, 0.1) is 5.92 Å². The summed E-state index contributed by atoms with van der Waals surface area (Å²) in [6.07, 6.45) is 1.22. The second-order valence-corrected chi connectivity index (χ2v) is 9.51. The van der Waals surface area contributed by atoms with Crippen LogP contribution in [0.25, 0.3) is 0 Å². The van der Waals surface area contributed by atoms with Crippen molar-refractivity contribution in [1.82, 2.24) is 5.32 Å². The number of hydrogen-bond donors (Lipinski definition) is 16. The first-order valence-corrected chi connectivity index (χ1v) is 14.6. The summed E-state index contributed by atoms with van der Waals surface area (Å²) < 4.78 is 0. The van der Waals surface area contributed by atoms with E-state index in [1.165, 1.54) is 0 Å². The summed E-state index contributed by atoms with van der Waals surface area (Å²) in [6.45, 7) is 2.80.